The first-order valence-corrected chi connectivity index (χ1v) is 14.3. The van der Waals surface area contributed by atoms with E-state index in [1.54, 1.807) is 0 Å². The number of hydrogen-bond donors (Lipinski definition) is 2. The minimum absolute atomic E-state index is 0.237. The Kier molecular flexibility index (Phi) is 7.34. The third kappa shape index (κ3) is 5.36. The summed E-state index contributed by atoms with van der Waals surface area (Å²) in [5.74, 6) is 0. The quantitative estimate of drug-likeness (QED) is 0.279. The van der Waals surface area contributed by atoms with Gasteiger partial charge in [0, 0.05) is 12.1 Å². The molecule has 2 aliphatic rings. The van der Waals surface area contributed by atoms with Crippen molar-refractivity contribution >= 4 is 21.5 Å². The van der Waals surface area contributed by atoms with Gasteiger partial charge in [-0.2, -0.15) is 0 Å². The first kappa shape index (κ1) is 23.7. The van der Waals surface area contributed by atoms with Crippen LogP contribution in [-0.2, 0) is 0 Å². The Morgan fingerprint density at radius 1 is 0.444 bits per heavy atom. The first-order chi connectivity index (χ1) is 17.8. The summed E-state index contributed by atoms with van der Waals surface area (Å²) in [7, 11) is 0. The van der Waals surface area contributed by atoms with Crippen LogP contribution >= 0.6 is 0 Å². The van der Waals surface area contributed by atoms with Gasteiger partial charge < -0.3 is 10.6 Å². The minimum Gasteiger partial charge on any atom is -0.306 e. The molecule has 2 fully saturated rings. The third-order valence-electron chi connectivity index (χ3n) is 8.64. The van der Waals surface area contributed by atoms with Crippen molar-refractivity contribution in [3.8, 4) is 0 Å². The molecule has 0 spiro atoms. The molecule has 0 radical (unpaired) electrons. The van der Waals surface area contributed by atoms with Gasteiger partial charge in [0.2, 0.25) is 0 Å². The van der Waals surface area contributed by atoms with Crippen LogP contribution in [0.2, 0.25) is 0 Å². The maximum absolute atomic E-state index is 4.21. The summed E-state index contributed by atoms with van der Waals surface area (Å²) in [5, 5.41) is 13.7. The number of fused-ring (bicyclic) bond motifs is 2. The molecule has 2 N–H and O–H groups in total. The Morgan fingerprint density at radius 2 is 0.833 bits per heavy atom. The van der Waals surface area contributed by atoms with Gasteiger partial charge in [-0.15, -0.1) is 0 Å². The molecule has 186 valence electrons. The molecule has 6 rings (SSSR count). The second-order valence-electron chi connectivity index (χ2n) is 11.2. The molecular weight excluding hydrogens is 436 g/mol. The Labute approximate surface area is 216 Å². The minimum atomic E-state index is 0.237. The van der Waals surface area contributed by atoms with E-state index in [4.69, 9.17) is 0 Å². The van der Waals surface area contributed by atoms with Crippen LogP contribution < -0.4 is 10.6 Å². The average Bonchev–Trinajstić information content (AvgIpc) is 2.95. The highest BCUT2D eigenvalue weighted by Gasteiger charge is 2.30. The van der Waals surface area contributed by atoms with Crippen molar-refractivity contribution < 1.29 is 0 Å². The summed E-state index contributed by atoms with van der Waals surface area (Å²) >= 11 is 0. The van der Waals surface area contributed by atoms with E-state index in [2.05, 4.69) is 95.6 Å². The smallest absolute Gasteiger partial charge is 0.0520 e. The van der Waals surface area contributed by atoms with Crippen LogP contribution in [0.25, 0.3) is 21.5 Å². The molecule has 0 saturated heterocycles. The lowest BCUT2D eigenvalue weighted by Crippen LogP contribution is -2.44. The Hall–Kier alpha value is -2.68. The van der Waals surface area contributed by atoms with E-state index in [0.717, 1.165) is 0 Å². The predicted molar refractivity (Wildman–Crippen MR) is 153 cm³/mol. The topological polar surface area (TPSA) is 24.1 Å². The van der Waals surface area contributed by atoms with Crippen molar-refractivity contribution in [1.82, 2.24) is 10.6 Å². The summed E-state index contributed by atoms with van der Waals surface area (Å²) in [6.07, 6.45) is 13.3. The van der Waals surface area contributed by atoms with E-state index in [1.165, 1.54) is 96.9 Å². The molecular formula is C34H40N2. The molecule has 36 heavy (non-hydrogen) atoms. The number of rotatable bonds is 7. The maximum atomic E-state index is 4.21. The largest absolute Gasteiger partial charge is 0.306 e. The summed E-state index contributed by atoms with van der Waals surface area (Å²) in [5.41, 5.74) is 2.81. The molecule has 0 bridgehead atoms. The van der Waals surface area contributed by atoms with E-state index in [-0.39, 0.29) is 12.1 Å². The van der Waals surface area contributed by atoms with Gasteiger partial charge in [0.1, 0.15) is 0 Å². The fraction of sp³-hybridized carbons (Fsp3) is 0.412. The van der Waals surface area contributed by atoms with Crippen molar-refractivity contribution in [1.29, 1.82) is 0 Å². The molecule has 0 aliphatic heterocycles. The summed E-state index contributed by atoms with van der Waals surface area (Å²) < 4.78 is 0. The molecule has 2 saturated carbocycles. The fourth-order valence-electron chi connectivity index (χ4n) is 6.62. The lowest BCUT2D eigenvalue weighted by Gasteiger charge is -2.38. The molecule has 2 nitrogen and oxygen atoms in total. The second kappa shape index (κ2) is 11.2. The molecule has 2 atom stereocenters. The molecule has 0 heterocycles. The van der Waals surface area contributed by atoms with Crippen LogP contribution in [0.5, 0.6) is 0 Å². The van der Waals surface area contributed by atoms with Gasteiger partial charge in [0.15, 0.2) is 0 Å². The molecule has 0 unspecified atom stereocenters. The van der Waals surface area contributed by atoms with Crippen molar-refractivity contribution in [3.05, 3.63) is 96.1 Å². The molecule has 4 aromatic carbocycles. The molecule has 2 aliphatic carbocycles. The van der Waals surface area contributed by atoms with Gasteiger partial charge in [0.25, 0.3) is 0 Å². The van der Waals surface area contributed by atoms with Crippen molar-refractivity contribution in [3.63, 3.8) is 0 Å². The highest BCUT2D eigenvalue weighted by Crippen LogP contribution is 2.36. The van der Waals surface area contributed by atoms with Gasteiger partial charge in [-0.25, -0.2) is 0 Å². The van der Waals surface area contributed by atoms with Gasteiger partial charge in [-0.05, 0) is 70.5 Å². The number of benzene rings is 4. The summed E-state index contributed by atoms with van der Waals surface area (Å²) in [6, 6.07) is 33.5. The highest BCUT2D eigenvalue weighted by molar-refractivity contribution is 5.84. The van der Waals surface area contributed by atoms with Crippen LogP contribution in [-0.4, -0.2) is 12.1 Å². The van der Waals surface area contributed by atoms with Crippen LogP contribution in [0.4, 0.5) is 0 Å². The van der Waals surface area contributed by atoms with E-state index in [0.29, 0.717) is 12.1 Å². The molecule has 0 aromatic heterocycles. The summed E-state index contributed by atoms with van der Waals surface area (Å²) in [6.45, 7) is 0. The summed E-state index contributed by atoms with van der Waals surface area (Å²) in [4.78, 5) is 0. The highest BCUT2D eigenvalue weighted by atomic mass is 15.1. The van der Waals surface area contributed by atoms with Crippen LogP contribution in [0.15, 0.2) is 84.9 Å². The van der Waals surface area contributed by atoms with Crippen LogP contribution in [0.1, 0.15) is 87.4 Å². The number of nitrogens with one attached hydrogen (secondary N) is 2. The van der Waals surface area contributed by atoms with E-state index >= 15 is 0 Å². The zero-order valence-corrected chi connectivity index (χ0v) is 21.5. The first-order valence-electron chi connectivity index (χ1n) is 14.3. The van der Waals surface area contributed by atoms with Crippen LogP contribution in [0.3, 0.4) is 0 Å². The van der Waals surface area contributed by atoms with E-state index in [1.807, 2.05) is 0 Å². The molecule has 4 aromatic rings. The third-order valence-corrected chi connectivity index (χ3v) is 8.64. The average molecular weight is 477 g/mol. The monoisotopic (exact) mass is 476 g/mol. The second-order valence-corrected chi connectivity index (χ2v) is 11.2. The zero-order valence-electron chi connectivity index (χ0n) is 21.5. The Balaban J connectivity index is 1.43. The van der Waals surface area contributed by atoms with Gasteiger partial charge >= 0.3 is 0 Å². The van der Waals surface area contributed by atoms with E-state index in [9.17, 15) is 0 Å². The predicted octanol–water partition coefficient (Wildman–Crippen LogP) is 8.62. The van der Waals surface area contributed by atoms with Gasteiger partial charge in [0.05, 0.1) is 12.1 Å². The molecule has 2 heteroatoms. The van der Waals surface area contributed by atoms with Crippen molar-refractivity contribution in [2.75, 3.05) is 0 Å². The maximum Gasteiger partial charge on any atom is 0.0520 e. The van der Waals surface area contributed by atoms with Crippen molar-refractivity contribution in [2.24, 2.45) is 0 Å². The Bertz CT molecular complexity index is 1180. The van der Waals surface area contributed by atoms with Crippen LogP contribution in [0, 0.1) is 0 Å². The van der Waals surface area contributed by atoms with E-state index < -0.39 is 0 Å². The SMILES string of the molecule is c1ccc2cc([C@@H](NC3CCCCC3)[C@@H](NC3CCCCC3)c3ccc4ccccc4c3)ccc2c1. The Morgan fingerprint density at radius 3 is 1.25 bits per heavy atom. The fourth-order valence-corrected chi connectivity index (χ4v) is 6.62. The van der Waals surface area contributed by atoms with Gasteiger partial charge in [-0.1, -0.05) is 111 Å². The van der Waals surface area contributed by atoms with Crippen molar-refractivity contribution in [2.45, 2.75) is 88.4 Å². The lowest BCUT2D eigenvalue weighted by atomic mass is 9.86. The molecule has 0 amide bonds. The van der Waals surface area contributed by atoms with Gasteiger partial charge in [-0.3, -0.25) is 0 Å². The lowest BCUT2D eigenvalue weighted by molar-refractivity contribution is 0.261. The normalized spacial score (nSPS) is 19.4. The number of hydrogen-bond acceptors (Lipinski definition) is 2. The zero-order chi connectivity index (χ0) is 24.2. The standard InChI is InChI=1S/C34H40N2/c1-3-15-31(16-4-1)35-33(29-21-19-25-11-7-9-13-27(25)23-29)34(36-32-17-5-2-6-18-32)30-22-20-26-12-8-10-14-28(26)24-30/h7-14,19-24,31-36H,1-6,15-18H2/t33-,34+.